The number of nitriles is 2. The van der Waals surface area contributed by atoms with E-state index in [1.807, 2.05) is 12.1 Å². The Morgan fingerprint density at radius 2 is 0.810 bits per heavy atom. The van der Waals surface area contributed by atoms with Crippen molar-refractivity contribution in [2.45, 2.75) is 0 Å². The average molecular weight is 535 g/mol. The van der Waals surface area contributed by atoms with Crippen LogP contribution in [0.3, 0.4) is 0 Å². The Morgan fingerprint density at radius 1 is 0.405 bits per heavy atom. The first-order valence-electron chi connectivity index (χ1n) is 13.8. The molecule has 0 radical (unpaired) electrons. The van der Waals surface area contributed by atoms with Crippen LogP contribution < -0.4 is 0 Å². The van der Waals surface area contributed by atoms with Gasteiger partial charge in [-0.3, -0.25) is 0 Å². The third kappa shape index (κ3) is 3.27. The summed E-state index contributed by atoms with van der Waals surface area (Å²) in [6.45, 7) is 0. The van der Waals surface area contributed by atoms with Crippen molar-refractivity contribution in [3.63, 3.8) is 0 Å². The van der Waals surface area contributed by atoms with E-state index >= 15 is 0 Å². The monoisotopic (exact) mass is 534 g/mol. The Kier molecular flexibility index (Phi) is 5.22. The van der Waals surface area contributed by atoms with Crippen molar-refractivity contribution in [1.29, 1.82) is 10.5 Å². The molecule has 2 aromatic heterocycles. The van der Waals surface area contributed by atoms with E-state index in [9.17, 15) is 10.5 Å². The maximum atomic E-state index is 10.2. The van der Waals surface area contributed by atoms with E-state index in [-0.39, 0.29) is 0 Å². The molecule has 0 unspecified atom stereocenters. The quantitative estimate of drug-likeness (QED) is 0.227. The van der Waals surface area contributed by atoms with Gasteiger partial charge in [-0.05, 0) is 42.5 Å². The number of hydrogen-bond donors (Lipinski definition) is 0. The molecular formula is C38H22N4. The molecule has 6 aromatic carbocycles. The van der Waals surface area contributed by atoms with Gasteiger partial charge in [-0.25, -0.2) is 0 Å². The molecule has 2 heterocycles. The first-order valence-corrected chi connectivity index (χ1v) is 13.8. The Balaban J connectivity index is 1.64. The van der Waals surface area contributed by atoms with Crippen molar-refractivity contribution < 1.29 is 0 Å². The zero-order valence-corrected chi connectivity index (χ0v) is 22.5. The molecule has 0 saturated carbocycles. The first-order chi connectivity index (χ1) is 20.8. The number of aromatic nitrogens is 2. The Hall–Kier alpha value is -6.10. The van der Waals surface area contributed by atoms with E-state index < -0.39 is 0 Å². The summed E-state index contributed by atoms with van der Waals surface area (Å²) in [4.78, 5) is 0. The van der Waals surface area contributed by atoms with Crippen LogP contribution in [0.15, 0.2) is 133 Å². The highest BCUT2D eigenvalue weighted by Crippen LogP contribution is 2.43. The lowest BCUT2D eigenvalue weighted by Gasteiger charge is -2.21. The van der Waals surface area contributed by atoms with Gasteiger partial charge in [0.1, 0.15) is 0 Å². The van der Waals surface area contributed by atoms with Crippen molar-refractivity contribution in [1.82, 2.24) is 9.13 Å². The number of benzene rings is 6. The van der Waals surface area contributed by atoms with E-state index in [1.54, 1.807) is 18.2 Å². The average Bonchev–Trinajstić information content (AvgIpc) is 3.57. The van der Waals surface area contributed by atoms with E-state index in [1.165, 1.54) is 10.8 Å². The van der Waals surface area contributed by atoms with Crippen LogP contribution in [0.1, 0.15) is 11.1 Å². The molecule has 0 aliphatic heterocycles. The second-order valence-corrected chi connectivity index (χ2v) is 10.4. The molecule has 8 aromatic rings. The third-order valence-corrected chi connectivity index (χ3v) is 8.21. The lowest BCUT2D eigenvalue weighted by Crippen LogP contribution is -2.06. The smallest absolute Gasteiger partial charge is 0.0998 e. The molecule has 0 amide bonds. The van der Waals surface area contributed by atoms with Crippen LogP contribution in [-0.4, -0.2) is 9.13 Å². The van der Waals surface area contributed by atoms with Gasteiger partial charge in [0.05, 0.1) is 56.7 Å². The lowest BCUT2D eigenvalue weighted by atomic mass is 9.93. The molecule has 0 fully saturated rings. The van der Waals surface area contributed by atoms with Gasteiger partial charge in [-0.15, -0.1) is 0 Å². The molecule has 0 N–H and O–H groups in total. The summed E-state index contributed by atoms with van der Waals surface area (Å²) < 4.78 is 4.61. The fraction of sp³-hybridized carbons (Fsp3) is 0. The molecule has 0 aliphatic carbocycles. The zero-order valence-electron chi connectivity index (χ0n) is 22.5. The van der Waals surface area contributed by atoms with Crippen molar-refractivity contribution in [3.8, 4) is 34.6 Å². The minimum atomic E-state index is 0.468. The maximum Gasteiger partial charge on any atom is 0.0998 e. The number of para-hydroxylation sites is 5. The van der Waals surface area contributed by atoms with Crippen LogP contribution in [0.5, 0.6) is 0 Å². The predicted molar refractivity (Wildman–Crippen MR) is 170 cm³/mol. The highest BCUT2D eigenvalue weighted by molar-refractivity contribution is 6.12. The van der Waals surface area contributed by atoms with Crippen LogP contribution in [0.2, 0.25) is 0 Å². The Bertz CT molecular complexity index is 2300. The summed E-state index contributed by atoms with van der Waals surface area (Å²) in [5, 5.41) is 25.1. The van der Waals surface area contributed by atoms with Crippen LogP contribution in [0.4, 0.5) is 0 Å². The van der Waals surface area contributed by atoms with Crippen molar-refractivity contribution >= 4 is 43.6 Å². The Labute approximate surface area is 242 Å². The number of rotatable bonds is 3. The topological polar surface area (TPSA) is 57.4 Å². The summed E-state index contributed by atoms with van der Waals surface area (Å²) in [5.41, 5.74) is 8.58. The Morgan fingerprint density at radius 3 is 1.26 bits per heavy atom. The van der Waals surface area contributed by atoms with Crippen LogP contribution in [-0.2, 0) is 0 Å². The van der Waals surface area contributed by atoms with Gasteiger partial charge in [-0.2, -0.15) is 10.5 Å². The summed E-state index contributed by atoms with van der Waals surface area (Å²) in [7, 11) is 0. The molecular weight excluding hydrogens is 512 g/mol. The van der Waals surface area contributed by atoms with Gasteiger partial charge < -0.3 is 9.13 Å². The minimum Gasteiger partial charge on any atom is -0.307 e. The molecule has 4 nitrogen and oxygen atoms in total. The van der Waals surface area contributed by atoms with E-state index in [4.69, 9.17) is 0 Å². The maximum absolute atomic E-state index is 10.2. The largest absolute Gasteiger partial charge is 0.307 e. The SMILES string of the molecule is N#Cc1cccc(C#N)c1-c1cccc(-n2c3ccccc3c3ccccc32)c1-n1c2ccccc2c2ccccc21. The minimum absolute atomic E-state index is 0.468. The third-order valence-electron chi connectivity index (χ3n) is 8.21. The van der Waals surface area contributed by atoms with Crippen molar-refractivity contribution in [3.05, 3.63) is 145 Å². The molecule has 0 atom stereocenters. The van der Waals surface area contributed by atoms with Gasteiger partial charge in [0.15, 0.2) is 0 Å². The summed E-state index contributed by atoms with van der Waals surface area (Å²) in [6, 6.07) is 50.1. The van der Waals surface area contributed by atoms with Crippen molar-refractivity contribution in [2.75, 3.05) is 0 Å². The van der Waals surface area contributed by atoms with Gasteiger partial charge in [0.2, 0.25) is 0 Å². The molecule has 0 bridgehead atoms. The second-order valence-electron chi connectivity index (χ2n) is 10.4. The van der Waals surface area contributed by atoms with E-state index in [2.05, 4.69) is 124 Å². The zero-order chi connectivity index (χ0) is 28.2. The molecule has 4 heteroatoms. The van der Waals surface area contributed by atoms with Crippen LogP contribution >= 0.6 is 0 Å². The highest BCUT2D eigenvalue weighted by atomic mass is 15.1. The molecule has 42 heavy (non-hydrogen) atoms. The fourth-order valence-corrected chi connectivity index (χ4v) is 6.52. The normalized spacial score (nSPS) is 11.3. The first kappa shape index (κ1) is 23.8. The van der Waals surface area contributed by atoms with Gasteiger partial charge in [0, 0.05) is 32.7 Å². The van der Waals surface area contributed by atoms with Crippen molar-refractivity contribution in [2.24, 2.45) is 0 Å². The summed E-state index contributed by atoms with van der Waals surface area (Å²) in [5.74, 6) is 0. The number of nitrogens with zero attached hydrogens (tertiary/aromatic N) is 4. The van der Waals surface area contributed by atoms with Crippen LogP contribution in [0, 0.1) is 22.7 Å². The summed E-state index contributed by atoms with van der Waals surface area (Å²) in [6.07, 6.45) is 0. The molecule has 0 saturated heterocycles. The van der Waals surface area contributed by atoms with Crippen LogP contribution in [0.25, 0.3) is 66.1 Å². The van der Waals surface area contributed by atoms with E-state index in [0.717, 1.165) is 49.8 Å². The standard InChI is InChI=1S/C38H22N4/c39-23-25-11-9-12-26(24-40)37(25)31-17-10-22-36(41-32-18-5-1-13-27(32)28-14-2-6-19-33(28)41)38(31)42-34-20-7-3-15-29(34)30-16-4-8-21-35(30)42/h1-22H. The summed E-state index contributed by atoms with van der Waals surface area (Å²) >= 11 is 0. The predicted octanol–water partition coefficient (Wildman–Crippen LogP) is 9.29. The lowest BCUT2D eigenvalue weighted by molar-refractivity contribution is 1.10. The second kappa shape index (κ2) is 9.24. The fourth-order valence-electron chi connectivity index (χ4n) is 6.52. The molecule has 194 valence electrons. The van der Waals surface area contributed by atoms with E-state index in [0.29, 0.717) is 16.7 Å². The van der Waals surface area contributed by atoms with Gasteiger partial charge >= 0.3 is 0 Å². The number of hydrogen-bond acceptors (Lipinski definition) is 2. The highest BCUT2D eigenvalue weighted by Gasteiger charge is 2.24. The molecule has 8 rings (SSSR count). The van der Waals surface area contributed by atoms with Gasteiger partial charge in [-0.1, -0.05) is 91.0 Å². The van der Waals surface area contributed by atoms with Gasteiger partial charge in [0.25, 0.3) is 0 Å². The number of fused-ring (bicyclic) bond motifs is 6. The molecule has 0 aliphatic rings. The molecule has 0 spiro atoms.